The first-order chi connectivity index (χ1) is 8.72. The molecule has 0 aromatic carbocycles. The molecule has 0 bridgehead atoms. The number of nitrogens with zero attached hydrogens (tertiary/aromatic N) is 1. The normalized spacial score (nSPS) is 20.1. The molecule has 3 heteroatoms. The average Bonchev–Trinajstić information content (AvgIpc) is 2.78. The second-order valence-corrected chi connectivity index (χ2v) is 6.85. The summed E-state index contributed by atoms with van der Waals surface area (Å²) < 4.78 is 0. The van der Waals surface area contributed by atoms with Gasteiger partial charge < -0.3 is 5.32 Å². The second-order valence-electron chi connectivity index (χ2n) is 5.24. The number of pyridine rings is 1. The van der Waals surface area contributed by atoms with Gasteiger partial charge in [0.15, 0.2) is 0 Å². The molecule has 1 aromatic heterocycles. The van der Waals surface area contributed by atoms with Gasteiger partial charge in [-0.2, -0.15) is 11.8 Å². The number of hydrogen-bond donors (Lipinski definition) is 1. The predicted octanol–water partition coefficient (Wildman–Crippen LogP) is 3.23. The second kappa shape index (κ2) is 6.58. The van der Waals surface area contributed by atoms with Crippen LogP contribution >= 0.6 is 11.8 Å². The smallest absolute Gasteiger partial charge is 0.0482 e. The van der Waals surface area contributed by atoms with Gasteiger partial charge in [-0.25, -0.2) is 0 Å². The fourth-order valence-electron chi connectivity index (χ4n) is 2.71. The number of fused-ring (bicyclic) bond motifs is 1. The highest BCUT2D eigenvalue weighted by Crippen LogP contribution is 2.35. The van der Waals surface area contributed by atoms with E-state index >= 15 is 0 Å². The molecule has 1 aliphatic rings. The largest absolute Gasteiger partial charge is 0.313 e. The Morgan fingerprint density at radius 3 is 3.06 bits per heavy atom. The monoisotopic (exact) mass is 264 g/mol. The van der Waals surface area contributed by atoms with E-state index in [1.165, 1.54) is 29.9 Å². The Labute approximate surface area is 115 Å². The molecule has 2 rings (SSSR count). The molecule has 0 saturated heterocycles. The summed E-state index contributed by atoms with van der Waals surface area (Å²) in [6.45, 7) is 7.78. The minimum absolute atomic E-state index is 0.568. The number of aryl methyl sites for hydroxylation is 1. The first-order valence-electron chi connectivity index (χ1n) is 7.01. The summed E-state index contributed by atoms with van der Waals surface area (Å²) in [4.78, 5) is 4.62. The lowest BCUT2D eigenvalue weighted by atomic mass is 9.98. The van der Waals surface area contributed by atoms with Crippen molar-refractivity contribution in [2.45, 2.75) is 50.8 Å². The zero-order valence-electron chi connectivity index (χ0n) is 11.6. The quantitative estimate of drug-likeness (QED) is 0.854. The third-order valence-corrected chi connectivity index (χ3v) is 4.78. The van der Waals surface area contributed by atoms with Crippen molar-refractivity contribution in [2.75, 3.05) is 12.3 Å². The number of likely N-dealkylation sites (N-methyl/N-ethyl adjacent to an activating group) is 1. The van der Waals surface area contributed by atoms with Gasteiger partial charge in [0.25, 0.3) is 0 Å². The minimum Gasteiger partial charge on any atom is -0.313 e. The molecule has 0 spiro atoms. The van der Waals surface area contributed by atoms with Crippen molar-refractivity contribution in [3.63, 3.8) is 0 Å². The Morgan fingerprint density at radius 1 is 1.50 bits per heavy atom. The van der Waals surface area contributed by atoms with Gasteiger partial charge in [-0.15, -0.1) is 0 Å². The molecule has 2 atom stereocenters. The Bertz CT molecular complexity index is 379. The number of rotatable bonds is 6. The molecule has 0 amide bonds. The zero-order valence-corrected chi connectivity index (χ0v) is 12.5. The van der Waals surface area contributed by atoms with E-state index in [0.29, 0.717) is 17.2 Å². The molecule has 100 valence electrons. The van der Waals surface area contributed by atoms with Crippen LogP contribution in [0.5, 0.6) is 0 Å². The van der Waals surface area contributed by atoms with Crippen LogP contribution in [0.15, 0.2) is 18.3 Å². The van der Waals surface area contributed by atoms with Crippen LogP contribution in [-0.4, -0.2) is 28.6 Å². The summed E-state index contributed by atoms with van der Waals surface area (Å²) in [5.41, 5.74) is 2.80. The van der Waals surface area contributed by atoms with Gasteiger partial charge >= 0.3 is 0 Å². The van der Waals surface area contributed by atoms with Crippen molar-refractivity contribution < 1.29 is 0 Å². The van der Waals surface area contributed by atoms with E-state index in [4.69, 9.17) is 0 Å². The van der Waals surface area contributed by atoms with E-state index in [0.717, 1.165) is 6.54 Å². The lowest BCUT2D eigenvalue weighted by Gasteiger charge is -2.25. The third-order valence-electron chi connectivity index (χ3n) is 3.56. The SMILES string of the molecule is CCNC(CSC(C)C)C1CCc2cccnc21. The van der Waals surface area contributed by atoms with Crippen molar-refractivity contribution >= 4 is 11.8 Å². The maximum Gasteiger partial charge on any atom is 0.0482 e. The summed E-state index contributed by atoms with van der Waals surface area (Å²) in [5.74, 6) is 1.79. The third kappa shape index (κ3) is 3.27. The van der Waals surface area contributed by atoms with Crippen molar-refractivity contribution in [2.24, 2.45) is 0 Å². The highest BCUT2D eigenvalue weighted by atomic mass is 32.2. The Kier molecular flexibility index (Phi) is 5.07. The first kappa shape index (κ1) is 13.9. The molecular weight excluding hydrogens is 240 g/mol. The number of hydrogen-bond acceptors (Lipinski definition) is 3. The maximum absolute atomic E-state index is 4.62. The first-order valence-corrected chi connectivity index (χ1v) is 8.06. The summed E-state index contributed by atoms with van der Waals surface area (Å²) in [7, 11) is 0. The summed E-state index contributed by atoms with van der Waals surface area (Å²) in [5, 5.41) is 4.36. The van der Waals surface area contributed by atoms with Gasteiger partial charge in [0.1, 0.15) is 0 Å². The average molecular weight is 264 g/mol. The number of nitrogens with one attached hydrogen (secondary N) is 1. The maximum atomic E-state index is 4.62. The van der Waals surface area contributed by atoms with E-state index in [1.807, 2.05) is 6.20 Å². The van der Waals surface area contributed by atoms with Crippen LogP contribution in [0.1, 0.15) is 44.4 Å². The molecule has 1 heterocycles. The molecule has 0 radical (unpaired) electrons. The van der Waals surface area contributed by atoms with E-state index in [-0.39, 0.29) is 0 Å². The minimum atomic E-state index is 0.568. The van der Waals surface area contributed by atoms with Crippen LogP contribution in [0.3, 0.4) is 0 Å². The predicted molar refractivity (Wildman–Crippen MR) is 80.4 cm³/mol. The Morgan fingerprint density at radius 2 is 2.33 bits per heavy atom. The van der Waals surface area contributed by atoms with Crippen LogP contribution in [0.2, 0.25) is 0 Å². The van der Waals surface area contributed by atoms with E-state index in [9.17, 15) is 0 Å². The van der Waals surface area contributed by atoms with Crippen LogP contribution in [0.4, 0.5) is 0 Å². The van der Waals surface area contributed by atoms with Gasteiger partial charge in [-0.05, 0) is 36.3 Å². The van der Waals surface area contributed by atoms with Gasteiger partial charge in [0.2, 0.25) is 0 Å². The molecule has 1 N–H and O–H groups in total. The highest BCUT2D eigenvalue weighted by Gasteiger charge is 2.30. The van der Waals surface area contributed by atoms with Gasteiger partial charge in [0.05, 0.1) is 0 Å². The fourth-order valence-corrected chi connectivity index (χ4v) is 3.65. The van der Waals surface area contributed by atoms with Gasteiger partial charge in [-0.1, -0.05) is 26.8 Å². The molecule has 2 nitrogen and oxygen atoms in total. The van der Waals surface area contributed by atoms with Crippen molar-refractivity contribution in [3.8, 4) is 0 Å². The van der Waals surface area contributed by atoms with Gasteiger partial charge in [-0.3, -0.25) is 4.98 Å². The zero-order chi connectivity index (χ0) is 13.0. The Balaban J connectivity index is 2.07. The van der Waals surface area contributed by atoms with E-state index in [1.54, 1.807) is 0 Å². The lowest BCUT2D eigenvalue weighted by Crippen LogP contribution is -2.37. The van der Waals surface area contributed by atoms with Crippen molar-refractivity contribution in [1.29, 1.82) is 0 Å². The number of thioether (sulfide) groups is 1. The van der Waals surface area contributed by atoms with Crippen LogP contribution in [0.25, 0.3) is 0 Å². The molecule has 1 aromatic rings. The van der Waals surface area contributed by atoms with E-state index in [2.05, 4.69) is 55.0 Å². The molecule has 0 fully saturated rings. The fraction of sp³-hybridized carbons (Fsp3) is 0.667. The molecule has 0 aliphatic heterocycles. The summed E-state index contributed by atoms with van der Waals surface area (Å²) in [6.07, 6.45) is 4.39. The van der Waals surface area contributed by atoms with E-state index < -0.39 is 0 Å². The molecular formula is C15H24N2S. The van der Waals surface area contributed by atoms with Crippen LogP contribution in [0, 0.1) is 0 Å². The Hall–Kier alpha value is -0.540. The summed E-state index contributed by atoms with van der Waals surface area (Å²) >= 11 is 2.05. The van der Waals surface area contributed by atoms with Gasteiger partial charge in [0, 0.05) is 29.6 Å². The molecule has 1 aliphatic carbocycles. The number of aromatic nitrogens is 1. The molecule has 0 saturated carbocycles. The summed E-state index contributed by atoms with van der Waals surface area (Å²) in [6, 6.07) is 4.87. The molecule has 18 heavy (non-hydrogen) atoms. The molecule has 2 unspecified atom stereocenters. The topological polar surface area (TPSA) is 24.9 Å². The highest BCUT2D eigenvalue weighted by molar-refractivity contribution is 7.99. The lowest BCUT2D eigenvalue weighted by molar-refractivity contribution is 0.468. The van der Waals surface area contributed by atoms with Crippen molar-refractivity contribution in [3.05, 3.63) is 29.6 Å². The standard InChI is InChI=1S/C15H24N2S/c1-4-16-14(10-18-11(2)3)13-8-7-12-6-5-9-17-15(12)13/h5-6,9,11,13-14,16H,4,7-8,10H2,1-3H3. The van der Waals surface area contributed by atoms with Crippen molar-refractivity contribution in [1.82, 2.24) is 10.3 Å². The van der Waals surface area contributed by atoms with Crippen LogP contribution < -0.4 is 5.32 Å². The van der Waals surface area contributed by atoms with Crippen LogP contribution in [-0.2, 0) is 6.42 Å².